The normalized spacial score (nSPS) is 10.8. The molecule has 0 saturated heterocycles. The summed E-state index contributed by atoms with van der Waals surface area (Å²) in [6.07, 6.45) is 1.40. The molecule has 0 aliphatic carbocycles. The summed E-state index contributed by atoms with van der Waals surface area (Å²) in [7, 11) is 2.21. The monoisotopic (exact) mass is 423 g/mol. The molecule has 0 saturated carbocycles. The van der Waals surface area contributed by atoms with E-state index in [9.17, 15) is 9.59 Å². The first-order valence-corrected chi connectivity index (χ1v) is 9.06. The summed E-state index contributed by atoms with van der Waals surface area (Å²) < 4.78 is 41.1. The van der Waals surface area contributed by atoms with Crippen molar-refractivity contribution in [2.24, 2.45) is 0 Å². The molecular weight excluding hydrogens is 408 g/mol. The number of para-hydroxylation sites is 1. The van der Waals surface area contributed by atoms with Crippen LogP contribution in [0.2, 0.25) is 0 Å². The predicted molar refractivity (Wildman–Crippen MR) is 107 cm³/mol. The Morgan fingerprint density at radius 3 is 2.35 bits per heavy atom. The van der Waals surface area contributed by atoms with Gasteiger partial charge in [-0.2, -0.15) is 5.10 Å². The van der Waals surface area contributed by atoms with E-state index in [-0.39, 0.29) is 16.6 Å². The maximum atomic E-state index is 15.4. The lowest BCUT2D eigenvalue weighted by Gasteiger charge is -2.08. The molecule has 4 rings (SSSR count). The van der Waals surface area contributed by atoms with Crippen molar-refractivity contribution in [2.45, 2.75) is 0 Å². The number of nitrogens with zero attached hydrogens (tertiary/aromatic N) is 3. The Labute approximate surface area is 174 Å². The van der Waals surface area contributed by atoms with Gasteiger partial charge in [0.25, 0.3) is 0 Å². The molecule has 0 radical (unpaired) electrons. The second-order valence-corrected chi connectivity index (χ2v) is 6.42. The van der Waals surface area contributed by atoms with Gasteiger partial charge in [0.15, 0.2) is 5.69 Å². The standard InChI is InChI=1S/C22H15F2N3O4/c1-30-21(28)17-19(16-14(23)11-15-13(18(16)24)9-6-10-25-15)26-27(20(17)22(29)31-2)12-7-4-3-5-8-12/h3-11H,1-2H3. The first-order valence-electron chi connectivity index (χ1n) is 9.06. The summed E-state index contributed by atoms with van der Waals surface area (Å²) >= 11 is 0. The van der Waals surface area contributed by atoms with Crippen LogP contribution in [-0.2, 0) is 9.47 Å². The first kappa shape index (κ1) is 20.1. The zero-order valence-electron chi connectivity index (χ0n) is 16.4. The third-order valence-corrected chi connectivity index (χ3v) is 4.69. The van der Waals surface area contributed by atoms with Crippen molar-refractivity contribution in [2.75, 3.05) is 14.2 Å². The number of carbonyl (C=O) groups is 2. The average molecular weight is 423 g/mol. The van der Waals surface area contributed by atoms with Crippen LogP contribution in [-0.4, -0.2) is 40.9 Å². The van der Waals surface area contributed by atoms with E-state index in [1.807, 2.05) is 0 Å². The third-order valence-electron chi connectivity index (χ3n) is 4.69. The molecule has 0 unspecified atom stereocenters. The SMILES string of the molecule is COC(=O)c1c(-c2c(F)cc3ncccc3c2F)nn(-c2ccccc2)c1C(=O)OC. The molecule has 0 fully saturated rings. The van der Waals surface area contributed by atoms with Crippen molar-refractivity contribution < 1.29 is 27.8 Å². The zero-order chi connectivity index (χ0) is 22.1. The minimum absolute atomic E-state index is 0.0311. The Morgan fingerprint density at radius 1 is 0.968 bits per heavy atom. The Balaban J connectivity index is 2.12. The van der Waals surface area contributed by atoms with Crippen molar-refractivity contribution in [3.8, 4) is 16.9 Å². The molecule has 156 valence electrons. The largest absolute Gasteiger partial charge is 0.465 e. The van der Waals surface area contributed by atoms with Crippen LogP contribution in [0.3, 0.4) is 0 Å². The van der Waals surface area contributed by atoms with Gasteiger partial charge < -0.3 is 9.47 Å². The van der Waals surface area contributed by atoms with E-state index in [0.29, 0.717) is 5.69 Å². The van der Waals surface area contributed by atoms with E-state index in [1.165, 1.54) is 18.3 Å². The van der Waals surface area contributed by atoms with Gasteiger partial charge >= 0.3 is 11.9 Å². The van der Waals surface area contributed by atoms with Gasteiger partial charge in [-0.15, -0.1) is 0 Å². The fourth-order valence-corrected chi connectivity index (χ4v) is 3.30. The van der Waals surface area contributed by atoms with Gasteiger partial charge in [0.2, 0.25) is 0 Å². The lowest BCUT2D eigenvalue weighted by Crippen LogP contribution is -2.15. The van der Waals surface area contributed by atoms with Gasteiger partial charge in [0, 0.05) is 17.6 Å². The number of carbonyl (C=O) groups excluding carboxylic acids is 2. The second-order valence-electron chi connectivity index (χ2n) is 6.42. The Hall–Kier alpha value is -4.14. The lowest BCUT2D eigenvalue weighted by atomic mass is 10.0. The van der Waals surface area contributed by atoms with Crippen molar-refractivity contribution in [1.29, 1.82) is 0 Å². The van der Waals surface area contributed by atoms with E-state index in [4.69, 9.17) is 9.47 Å². The number of esters is 2. The molecule has 2 heterocycles. The lowest BCUT2D eigenvalue weighted by molar-refractivity contribution is 0.0549. The van der Waals surface area contributed by atoms with E-state index in [2.05, 4.69) is 10.1 Å². The molecule has 4 aromatic rings. The summed E-state index contributed by atoms with van der Waals surface area (Å²) in [5.74, 6) is -3.89. The van der Waals surface area contributed by atoms with Crippen LogP contribution in [0, 0.1) is 11.6 Å². The quantitative estimate of drug-likeness (QED) is 0.463. The second kappa shape index (κ2) is 7.94. The van der Waals surface area contributed by atoms with E-state index in [1.54, 1.807) is 30.3 Å². The van der Waals surface area contributed by atoms with Gasteiger partial charge in [-0.1, -0.05) is 18.2 Å². The first-order chi connectivity index (χ1) is 15.0. The number of hydrogen-bond acceptors (Lipinski definition) is 6. The smallest absolute Gasteiger partial charge is 0.357 e. The van der Waals surface area contributed by atoms with Crippen LogP contribution in [0.5, 0.6) is 0 Å². The molecule has 0 spiro atoms. The van der Waals surface area contributed by atoms with Crippen LogP contribution in [0.25, 0.3) is 27.8 Å². The fraction of sp³-hybridized carbons (Fsp3) is 0.0909. The number of aromatic nitrogens is 3. The highest BCUT2D eigenvalue weighted by Gasteiger charge is 2.34. The molecule has 0 N–H and O–H groups in total. The van der Waals surface area contributed by atoms with Gasteiger partial charge in [-0.3, -0.25) is 4.98 Å². The molecule has 2 aromatic heterocycles. The van der Waals surface area contributed by atoms with Gasteiger partial charge in [0.1, 0.15) is 22.9 Å². The molecule has 7 nitrogen and oxygen atoms in total. The number of pyridine rings is 1. The van der Waals surface area contributed by atoms with Gasteiger partial charge in [-0.25, -0.2) is 23.1 Å². The Bertz CT molecular complexity index is 1320. The molecule has 0 atom stereocenters. The molecular formula is C22H15F2N3O4. The van der Waals surface area contributed by atoms with Crippen molar-refractivity contribution in [3.05, 3.63) is 77.6 Å². The van der Waals surface area contributed by atoms with Crippen LogP contribution in [0.15, 0.2) is 54.7 Å². The number of rotatable bonds is 4. The zero-order valence-corrected chi connectivity index (χ0v) is 16.4. The molecule has 0 amide bonds. The van der Waals surface area contributed by atoms with Gasteiger partial charge in [0.05, 0.1) is 31.0 Å². The minimum atomic E-state index is -0.998. The predicted octanol–water partition coefficient (Wildman–Crippen LogP) is 3.94. The highest BCUT2D eigenvalue weighted by Crippen LogP contribution is 2.35. The Kier molecular flexibility index (Phi) is 5.16. The topological polar surface area (TPSA) is 83.3 Å². The summed E-state index contributed by atoms with van der Waals surface area (Å²) in [5, 5.41) is 4.26. The average Bonchev–Trinajstić information content (AvgIpc) is 3.18. The highest BCUT2D eigenvalue weighted by molar-refractivity contribution is 6.07. The minimum Gasteiger partial charge on any atom is -0.465 e. The maximum absolute atomic E-state index is 15.4. The number of methoxy groups -OCH3 is 2. The highest BCUT2D eigenvalue weighted by atomic mass is 19.1. The van der Waals surface area contributed by atoms with Crippen molar-refractivity contribution in [3.63, 3.8) is 0 Å². The number of halogens is 2. The van der Waals surface area contributed by atoms with Crippen LogP contribution >= 0.6 is 0 Å². The number of benzene rings is 2. The Morgan fingerprint density at radius 2 is 1.68 bits per heavy atom. The van der Waals surface area contributed by atoms with Crippen molar-refractivity contribution in [1.82, 2.24) is 14.8 Å². The van der Waals surface area contributed by atoms with E-state index < -0.39 is 40.4 Å². The van der Waals surface area contributed by atoms with Crippen LogP contribution in [0.1, 0.15) is 20.8 Å². The molecule has 9 heteroatoms. The molecule has 31 heavy (non-hydrogen) atoms. The van der Waals surface area contributed by atoms with Crippen LogP contribution in [0.4, 0.5) is 8.78 Å². The molecule has 2 aromatic carbocycles. The van der Waals surface area contributed by atoms with E-state index >= 15 is 8.78 Å². The molecule has 0 aliphatic rings. The van der Waals surface area contributed by atoms with Gasteiger partial charge in [-0.05, 0) is 24.3 Å². The summed E-state index contributed by atoms with van der Waals surface area (Å²) in [4.78, 5) is 29.2. The molecule has 0 aliphatic heterocycles. The number of ether oxygens (including phenoxy) is 2. The third kappa shape index (κ3) is 3.29. The fourth-order valence-electron chi connectivity index (χ4n) is 3.30. The summed E-state index contributed by atoms with van der Waals surface area (Å²) in [5.41, 5.74) is -1.24. The van der Waals surface area contributed by atoms with Crippen LogP contribution < -0.4 is 0 Å². The maximum Gasteiger partial charge on any atom is 0.357 e. The number of hydrogen-bond donors (Lipinski definition) is 0. The summed E-state index contributed by atoms with van der Waals surface area (Å²) in [6.45, 7) is 0. The number of fused-ring (bicyclic) bond motifs is 1. The molecule has 0 bridgehead atoms. The van der Waals surface area contributed by atoms with E-state index in [0.717, 1.165) is 25.0 Å². The van der Waals surface area contributed by atoms with Crippen molar-refractivity contribution >= 4 is 22.8 Å². The summed E-state index contributed by atoms with van der Waals surface area (Å²) in [6, 6.07) is 12.3.